The van der Waals surface area contributed by atoms with Crippen molar-refractivity contribution in [3.8, 4) is 0 Å². The van der Waals surface area contributed by atoms with E-state index in [1.165, 1.54) is 4.57 Å². The lowest BCUT2D eigenvalue weighted by atomic mass is 10.2. The van der Waals surface area contributed by atoms with E-state index in [4.69, 9.17) is 12.2 Å². The van der Waals surface area contributed by atoms with Gasteiger partial charge in [0.05, 0.1) is 5.69 Å². The molecule has 104 valence electrons. The Kier molecular flexibility index (Phi) is 2.42. The molecule has 0 unspecified atom stereocenters. The van der Waals surface area contributed by atoms with Crippen LogP contribution >= 0.6 is 12.2 Å². The topological polar surface area (TPSA) is 38.5 Å². The van der Waals surface area contributed by atoms with Crippen molar-refractivity contribution in [3.05, 3.63) is 10.5 Å². The SMILES string of the molecule is CCn1nc(C)c2[nH]c(=S)n(C3(C(F)(F)F)CC3)c21. The Labute approximate surface area is 112 Å². The van der Waals surface area contributed by atoms with Crippen LogP contribution in [0.1, 0.15) is 25.5 Å². The second-order valence-electron chi connectivity index (χ2n) is 4.89. The molecule has 3 rings (SSSR count). The molecule has 0 atom stereocenters. The van der Waals surface area contributed by atoms with Gasteiger partial charge in [0.25, 0.3) is 0 Å². The Hall–Kier alpha value is -1.31. The average Bonchev–Trinajstić information content (AvgIpc) is 2.97. The number of rotatable bonds is 2. The van der Waals surface area contributed by atoms with Crippen LogP contribution in [-0.4, -0.2) is 25.5 Å². The van der Waals surface area contributed by atoms with Crippen molar-refractivity contribution >= 4 is 23.4 Å². The van der Waals surface area contributed by atoms with Gasteiger partial charge in [0.1, 0.15) is 11.1 Å². The third-order valence-corrected chi connectivity index (χ3v) is 4.01. The number of hydrogen-bond acceptors (Lipinski definition) is 2. The molecule has 1 aliphatic rings. The van der Waals surface area contributed by atoms with Crippen molar-refractivity contribution in [2.45, 2.75) is 44.9 Å². The molecular weight excluding hydrogens is 277 g/mol. The first-order valence-corrected chi connectivity index (χ1v) is 6.48. The van der Waals surface area contributed by atoms with E-state index in [-0.39, 0.29) is 17.6 Å². The van der Waals surface area contributed by atoms with Crippen molar-refractivity contribution < 1.29 is 13.2 Å². The standard InChI is InChI=1S/C11H13F3N4S/c1-3-17-8-7(6(2)16-17)15-9(19)18(8)10(4-5-10)11(12,13)14/h3-5H2,1-2H3,(H,15,19). The van der Waals surface area contributed by atoms with E-state index in [9.17, 15) is 13.2 Å². The molecule has 0 amide bonds. The third-order valence-electron chi connectivity index (χ3n) is 3.73. The fourth-order valence-corrected chi connectivity index (χ4v) is 2.93. The van der Waals surface area contributed by atoms with Gasteiger partial charge in [-0.15, -0.1) is 0 Å². The maximum Gasteiger partial charge on any atom is 0.412 e. The van der Waals surface area contributed by atoms with Crippen molar-refractivity contribution in [3.63, 3.8) is 0 Å². The molecule has 0 aliphatic heterocycles. The van der Waals surface area contributed by atoms with Crippen LogP contribution in [0.3, 0.4) is 0 Å². The van der Waals surface area contributed by atoms with E-state index in [1.54, 1.807) is 11.6 Å². The minimum atomic E-state index is -4.29. The van der Waals surface area contributed by atoms with Gasteiger partial charge in [-0.05, 0) is 38.9 Å². The largest absolute Gasteiger partial charge is 0.412 e. The molecule has 0 spiro atoms. The summed E-state index contributed by atoms with van der Waals surface area (Å²) in [4.78, 5) is 2.86. The highest BCUT2D eigenvalue weighted by molar-refractivity contribution is 7.71. The summed E-state index contributed by atoms with van der Waals surface area (Å²) < 4.78 is 42.8. The number of fused-ring (bicyclic) bond motifs is 1. The van der Waals surface area contributed by atoms with Gasteiger partial charge in [-0.1, -0.05) is 0 Å². The van der Waals surface area contributed by atoms with Gasteiger partial charge >= 0.3 is 6.18 Å². The molecular formula is C11H13F3N4S. The minimum absolute atomic E-state index is 0.0751. The fourth-order valence-electron chi connectivity index (χ4n) is 2.57. The third kappa shape index (κ3) is 1.52. The Balaban J connectivity index is 2.36. The first-order valence-electron chi connectivity index (χ1n) is 6.07. The zero-order chi connectivity index (χ0) is 14.0. The van der Waals surface area contributed by atoms with Crippen LogP contribution < -0.4 is 0 Å². The number of halogens is 3. The molecule has 1 saturated carbocycles. The highest BCUT2D eigenvalue weighted by Crippen LogP contribution is 2.56. The zero-order valence-corrected chi connectivity index (χ0v) is 11.3. The van der Waals surface area contributed by atoms with Gasteiger partial charge in [0.2, 0.25) is 0 Å². The summed E-state index contributed by atoms with van der Waals surface area (Å²) in [7, 11) is 0. The van der Waals surface area contributed by atoms with E-state index in [2.05, 4.69) is 10.1 Å². The lowest BCUT2D eigenvalue weighted by molar-refractivity contribution is -0.179. The van der Waals surface area contributed by atoms with Crippen LogP contribution in [-0.2, 0) is 12.1 Å². The molecule has 1 N–H and O–H groups in total. The summed E-state index contributed by atoms with van der Waals surface area (Å²) in [5, 5.41) is 4.24. The van der Waals surface area contributed by atoms with Crippen LogP contribution in [0, 0.1) is 11.7 Å². The maximum absolute atomic E-state index is 13.3. The van der Waals surface area contributed by atoms with Crippen molar-refractivity contribution in [2.75, 3.05) is 0 Å². The van der Waals surface area contributed by atoms with Gasteiger partial charge in [-0.2, -0.15) is 18.3 Å². The first kappa shape index (κ1) is 12.7. The van der Waals surface area contributed by atoms with Crippen LogP contribution in [0.2, 0.25) is 0 Å². The van der Waals surface area contributed by atoms with Gasteiger partial charge in [-0.25, -0.2) is 4.68 Å². The van der Waals surface area contributed by atoms with Gasteiger partial charge < -0.3 is 4.98 Å². The molecule has 4 nitrogen and oxygen atoms in total. The Bertz CT molecular complexity index is 702. The summed E-state index contributed by atoms with van der Waals surface area (Å²) >= 11 is 5.10. The van der Waals surface area contributed by atoms with Crippen molar-refractivity contribution in [2.24, 2.45) is 0 Å². The summed E-state index contributed by atoms with van der Waals surface area (Å²) in [5.74, 6) is 0. The molecule has 2 heterocycles. The number of imidazole rings is 1. The van der Waals surface area contributed by atoms with Crippen molar-refractivity contribution in [1.82, 2.24) is 19.3 Å². The smallest absolute Gasteiger partial charge is 0.328 e. The Morgan fingerprint density at radius 3 is 2.53 bits per heavy atom. The van der Waals surface area contributed by atoms with Crippen molar-refractivity contribution in [1.29, 1.82) is 0 Å². The molecule has 2 aromatic rings. The van der Waals surface area contributed by atoms with Gasteiger partial charge in [0.15, 0.2) is 10.4 Å². The van der Waals surface area contributed by atoms with E-state index >= 15 is 0 Å². The van der Waals surface area contributed by atoms with E-state index in [1.807, 2.05) is 6.92 Å². The van der Waals surface area contributed by atoms with E-state index in [0.29, 0.717) is 23.4 Å². The first-order chi connectivity index (χ1) is 8.82. The second kappa shape index (κ2) is 3.62. The summed E-state index contributed by atoms with van der Waals surface area (Å²) in [5.41, 5.74) is -0.135. The number of aryl methyl sites for hydroxylation is 2. The lowest BCUT2D eigenvalue weighted by Crippen LogP contribution is -2.35. The Morgan fingerprint density at radius 1 is 1.42 bits per heavy atom. The molecule has 0 bridgehead atoms. The van der Waals surface area contributed by atoms with Crippen LogP contribution in [0.25, 0.3) is 11.2 Å². The lowest BCUT2D eigenvalue weighted by Gasteiger charge is -2.21. The number of nitrogens with one attached hydrogen (secondary N) is 1. The molecule has 1 fully saturated rings. The minimum Gasteiger partial charge on any atom is -0.328 e. The molecule has 0 saturated heterocycles. The summed E-state index contributed by atoms with van der Waals surface area (Å²) in [6.45, 7) is 4.11. The van der Waals surface area contributed by atoms with Crippen LogP contribution in [0.4, 0.5) is 13.2 Å². The number of aromatic nitrogens is 4. The van der Waals surface area contributed by atoms with Gasteiger partial charge in [0, 0.05) is 6.54 Å². The number of H-pyrrole nitrogens is 1. The average molecular weight is 290 g/mol. The monoisotopic (exact) mass is 290 g/mol. The highest BCUT2D eigenvalue weighted by atomic mass is 32.1. The van der Waals surface area contributed by atoms with E-state index in [0.717, 1.165) is 0 Å². The van der Waals surface area contributed by atoms with Gasteiger partial charge in [-0.3, -0.25) is 4.57 Å². The van der Waals surface area contributed by atoms with Crippen LogP contribution in [0.5, 0.6) is 0 Å². The number of alkyl halides is 3. The number of nitrogens with zero attached hydrogens (tertiary/aromatic N) is 3. The second-order valence-corrected chi connectivity index (χ2v) is 5.28. The predicted molar refractivity (Wildman–Crippen MR) is 66.6 cm³/mol. The highest BCUT2D eigenvalue weighted by Gasteiger charge is 2.66. The number of aromatic amines is 1. The normalized spacial score (nSPS) is 18.2. The molecule has 0 aromatic carbocycles. The molecule has 1 aliphatic carbocycles. The maximum atomic E-state index is 13.3. The number of hydrogen-bond donors (Lipinski definition) is 1. The summed E-state index contributed by atoms with van der Waals surface area (Å²) in [6.07, 6.45) is -4.14. The molecule has 2 aromatic heterocycles. The predicted octanol–water partition coefficient (Wildman–Crippen LogP) is 3.28. The molecule has 0 radical (unpaired) electrons. The fraction of sp³-hybridized carbons (Fsp3) is 0.636. The molecule has 8 heteroatoms. The van der Waals surface area contributed by atoms with Crippen LogP contribution in [0.15, 0.2) is 0 Å². The summed E-state index contributed by atoms with van der Waals surface area (Å²) in [6, 6.07) is 0. The molecule has 19 heavy (non-hydrogen) atoms. The van der Waals surface area contributed by atoms with E-state index < -0.39 is 11.7 Å². The Morgan fingerprint density at radius 2 is 2.05 bits per heavy atom. The quantitative estimate of drug-likeness (QED) is 0.862. The zero-order valence-electron chi connectivity index (χ0n) is 10.5.